The molecule has 0 unspecified atom stereocenters. The highest BCUT2D eigenvalue weighted by atomic mass is 35.5. The van der Waals surface area contributed by atoms with Gasteiger partial charge < -0.3 is 4.74 Å². The van der Waals surface area contributed by atoms with Crippen molar-refractivity contribution in [2.75, 3.05) is 5.32 Å². The Balaban J connectivity index is 1.51. The quantitative estimate of drug-likeness (QED) is 0.810. The number of amides is 1. The van der Waals surface area contributed by atoms with Crippen LogP contribution < -0.4 is 5.32 Å². The van der Waals surface area contributed by atoms with Crippen molar-refractivity contribution in [3.8, 4) is 0 Å². The third-order valence-corrected chi connectivity index (χ3v) is 5.07. The Kier molecular flexibility index (Phi) is 4.69. The van der Waals surface area contributed by atoms with Gasteiger partial charge in [0.2, 0.25) is 0 Å². The largest absolute Gasteiger partial charge is 0.446 e. The lowest BCUT2D eigenvalue weighted by atomic mass is 9.70. The number of nitrogens with one attached hydrogen (secondary N) is 1. The van der Waals surface area contributed by atoms with Gasteiger partial charge in [0, 0.05) is 10.7 Å². The summed E-state index contributed by atoms with van der Waals surface area (Å²) in [7, 11) is 0. The minimum atomic E-state index is -0.364. The molecule has 2 saturated carbocycles. The number of hydrogen-bond acceptors (Lipinski definition) is 2. The summed E-state index contributed by atoms with van der Waals surface area (Å²) in [5.41, 5.74) is 0.679. The molecule has 3 atom stereocenters. The Labute approximate surface area is 131 Å². The van der Waals surface area contributed by atoms with Crippen LogP contribution >= 0.6 is 11.6 Å². The summed E-state index contributed by atoms with van der Waals surface area (Å²) in [4.78, 5) is 12.0. The highest BCUT2D eigenvalue weighted by Crippen LogP contribution is 2.41. The Morgan fingerprint density at radius 3 is 2.76 bits per heavy atom. The van der Waals surface area contributed by atoms with E-state index in [0.29, 0.717) is 10.7 Å². The van der Waals surface area contributed by atoms with E-state index in [-0.39, 0.29) is 12.2 Å². The summed E-state index contributed by atoms with van der Waals surface area (Å²) < 4.78 is 5.59. The molecule has 21 heavy (non-hydrogen) atoms. The molecule has 1 aromatic carbocycles. The zero-order valence-corrected chi connectivity index (χ0v) is 12.9. The van der Waals surface area contributed by atoms with Crippen LogP contribution in [0.15, 0.2) is 24.3 Å². The van der Waals surface area contributed by atoms with E-state index in [1.54, 1.807) is 12.1 Å². The molecule has 1 amide bonds. The summed E-state index contributed by atoms with van der Waals surface area (Å²) >= 11 is 5.90. The van der Waals surface area contributed by atoms with Crippen LogP contribution in [-0.4, -0.2) is 12.2 Å². The molecular weight excluding hydrogens is 286 g/mol. The highest BCUT2D eigenvalue weighted by Gasteiger charge is 2.33. The van der Waals surface area contributed by atoms with Crippen LogP contribution in [0.5, 0.6) is 0 Å². The van der Waals surface area contributed by atoms with Crippen LogP contribution in [0.2, 0.25) is 5.02 Å². The van der Waals surface area contributed by atoms with Crippen molar-refractivity contribution in [2.45, 2.75) is 51.0 Å². The number of rotatable bonds is 2. The topological polar surface area (TPSA) is 38.3 Å². The number of benzene rings is 1. The standard InChI is InChI=1S/C17H22ClNO2/c18-14-6-3-7-15(11-14)19-17(20)21-16-9-8-12-4-1-2-5-13(12)10-16/h3,6-7,11-13,16H,1-2,4-5,8-10H2,(H,19,20)/t12-,13-,16+/m1/s1. The molecule has 0 spiro atoms. The summed E-state index contributed by atoms with van der Waals surface area (Å²) in [6.45, 7) is 0. The molecule has 0 heterocycles. The smallest absolute Gasteiger partial charge is 0.411 e. The SMILES string of the molecule is O=C(Nc1cccc(Cl)c1)O[C@H]1CC[C@H]2CCCC[C@@H]2C1. The fourth-order valence-corrected chi connectivity index (χ4v) is 3.99. The van der Waals surface area contributed by atoms with Gasteiger partial charge in [-0.15, -0.1) is 0 Å². The fraction of sp³-hybridized carbons (Fsp3) is 0.588. The van der Waals surface area contributed by atoms with Crippen molar-refractivity contribution < 1.29 is 9.53 Å². The number of carbonyl (C=O) groups is 1. The number of hydrogen-bond donors (Lipinski definition) is 1. The average Bonchev–Trinajstić information content (AvgIpc) is 2.47. The number of fused-ring (bicyclic) bond motifs is 1. The number of anilines is 1. The maximum Gasteiger partial charge on any atom is 0.411 e. The molecule has 0 aliphatic heterocycles. The molecular formula is C17H22ClNO2. The van der Waals surface area contributed by atoms with E-state index in [4.69, 9.17) is 16.3 Å². The lowest BCUT2D eigenvalue weighted by molar-refractivity contribution is 0.0339. The third-order valence-electron chi connectivity index (χ3n) is 4.84. The van der Waals surface area contributed by atoms with Crippen molar-refractivity contribution >= 4 is 23.4 Å². The van der Waals surface area contributed by atoms with E-state index in [2.05, 4.69) is 5.32 Å². The molecule has 1 N–H and O–H groups in total. The van der Waals surface area contributed by atoms with E-state index in [9.17, 15) is 4.79 Å². The van der Waals surface area contributed by atoms with Gasteiger partial charge >= 0.3 is 6.09 Å². The first-order valence-electron chi connectivity index (χ1n) is 7.94. The van der Waals surface area contributed by atoms with Crippen LogP contribution in [-0.2, 0) is 4.74 Å². The molecule has 4 heteroatoms. The Morgan fingerprint density at radius 1 is 1.14 bits per heavy atom. The molecule has 3 nitrogen and oxygen atoms in total. The molecule has 0 aromatic heterocycles. The summed E-state index contributed by atoms with van der Waals surface area (Å²) in [6.07, 6.45) is 8.34. The van der Waals surface area contributed by atoms with E-state index in [1.165, 1.54) is 32.1 Å². The lowest BCUT2D eigenvalue weighted by Gasteiger charge is -2.38. The van der Waals surface area contributed by atoms with E-state index < -0.39 is 0 Å². The van der Waals surface area contributed by atoms with Crippen LogP contribution in [0.1, 0.15) is 44.9 Å². The van der Waals surface area contributed by atoms with Gasteiger partial charge in [0.1, 0.15) is 6.10 Å². The minimum absolute atomic E-state index is 0.0727. The second-order valence-electron chi connectivity index (χ2n) is 6.28. The zero-order valence-electron chi connectivity index (χ0n) is 12.2. The Bertz CT molecular complexity index is 505. The molecule has 2 fully saturated rings. The van der Waals surface area contributed by atoms with E-state index >= 15 is 0 Å². The van der Waals surface area contributed by atoms with Crippen molar-refractivity contribution in [3.05, 3.63) is 29.3 Å². The predicted molar refractivity (Wildman–Crippen MR) is 84.6 cm³/mol. The maximum atomic E-state index is 12.0. The van der Waals surface area contributed by atoms with E-state index in [0.717, 1.165) is 24.7 Å². The summed E-state index contributed by atoms with van der Waals surface area (Å²) in [6, 6.07) is 7.12. The molecule has 114 valence electrons. The van der Waals surface area contributed by atoms with Gasteiger partial charge in [-0.05, 0) is 49.3 Å². The van der Waals surface area contributed by atoms with Crippen LogP contribution in [0.3, 0.4) is 0 Å². The van der Waals surface area contributed by atoms with Gasteiger partial charge in [-0.25, -0.2) is 4.79 Å². The molecule has 0 bridgehead atoms. The second-order valence-corrected chi connectivity index (χ2v) is 6.72. The fourth-order valence-electron chi connectivity index (χ4n) is 3.80. The van der Waals surface area contributed by atoms with Crippen LogP contribution in [0, 0.1) is 11.8 Å². The summed E-state index contributed by atoms with van der Waals surface area (Å²) in [5, 5.41) is 3.36. The first-order valence-corrected chi connectivity index (χ1v) is 8.32. The molecule has 0 saturated heterocycles. The number of ether oxygens (including phenoxy) is 1. The molecule has 3 rings (SSSR count). The summed E-state index contributed by atoms with van der Waals surface area (Å²) in [5.74, 6) is 1.63. The second kappa shape index (κ2) is 6.69. The average molecular weight is 308 g/mol. The third kappa shape index (κ3) is 3.91. The Morgan fingerprint density at radius 2 is 1.95 bits per heavy atom. The van der Waals surface area contributed by atoms with Gasteiger partial charge in [-0.2, -0.15) is 0 Å². The maximum absolute atomic E-state index is 12.0. The lowest BCUT2D eigenvalue weighted by Crippen LogP contribution is -2.33. The minimum Gasteiger partial charge on any atom is -0.446 e. The highest BCUT2D eigenvalue weighted by molar-refractivity contribution is 6.30. The molecule has 2 aliphatic carbocycles. The number of carbonyl (C=O) groups excluding carboxylic acids is 1. The first-order chi connectivity index (χ1) is 10.2. The van der Waals surface area contributed by atoms with Gasteiger partial charge in [-0.1, -0.05) is 43.4 Å². The van der Waals surface area contributed by atoms with E-state index in [1.807, 2.05) is 12.1 Å². The molecule has 1 aromatic rings. The van der Waals surface area contributed by atoms with Crippen molar-refractivity contribution in [2.24, 2.45) is 11.8 Å². The van der Waals surface area contributed by atoms with Gasteiger partial charge in [0.25, 0.3) is 0 Å². The number of halogens is 1. The van der Waals surface area contributed by atoms with Crippen molar-refractivity contribution in [3.63, 3.8) is 0 Å². The van der Waals surface area contributed by atoms with Gasteiger partial charge in [0.05, 0.1) is 0 Å². The normalized spacial score (nSPS) is 28.5. The first kappa shape index (κ1) is 14.7. The zero-order chi connectivity index (χ0) is 14.7. The predicted octanol–water partition coefficient (Wildman–Crippen LogP) is 5.25. The Hall–Kier alpha value is -1.22. The molecule has 2 aliphatic rings. The van der Waals surface area contributed by atoms with Gasteiger partial charge in [0.15, 0.2) is 0 Å². The van der Waals surface area contributed by atoms with Crippen molar-refractivity contribution in [1.29, 1.82) is 0 Å². The molecule has 0 radical (unpaired) electrons. The van der Waals surface area contributed by atoms with Crippen LogP contribution in [0.25, 0.3) is 0 Å². The monoisotopic (exact) mass is 307 g/mol. The van der Waals surface area contributed by atoms with Crippen molar-refractivity contribution in [1.82, 2.24) is 0 Å². The van der Waals surface area contributed by atoms with Gasteiger partial charge in [-0.3, -0.25) is 5.32 Å². The van der Waals surface area contributed by atoms with Crippen LogP contribution in [0.4, 0.5) is 10.5 Å².